The summed E-state index contributed by atoms with van der Waals surface area (Å²) in [7, 11) is -3.52. The summed E-state index contributed by atoms with van der Waals surface area (Å²) in [6, 6.07) is 8.27. The number of hydrogen-bond acceptors (Lipinski definition) is 4. The van der Waals surface area contributed by atoms with E-state index in [1.807, 2.05) is 12.1 Å². The summed E-state index contributed by atoms with van der Waals surface area (Å²) in [4.78, 5) is 26.8. The lowest BCUT2D eigenvalue weighted by Gasteiger charge is -2.18. The van der Waals surface area contributed by atoms with Gasteiger partial charge in [0, 0.05) is 11.2 Å². The van der Waals surface area contributed by atoms with Crippen LogP contribution in [0.2, 0.25) is 5.02 Å². The Morgan fingerprint density at radius 2 is 1.92 bits per heavy atom. The van der Waals surface area contributed by atoms with E-state index >= 15 is 0 Å². The maximum atomic E-state index is 12.6. The molecule has 1 saturated carbocycles. The van der Waals surface area contributed by atoms with Crippen molar-refractivity contribution in [1.29, 1.82) is 0 Å². The molecule has 0 bridgehead atoms. The molecular formula is C17H17ClN2O4S. The largest absolute Gasteiger partial charge is 0.342 e. The monoisotopic (exact) mass is 380 g/mol. The minimum Gasteiger partial charge on any atom is -0.342 e. The number of sulfone groups is 1. The molecule has 2 N–H and O–H groups in total. The van der Waals surface area contributed by atoms with Crippen LogP contribution in [0.1, 0.15) is 35.7 Å². The van der Waals surface area contributed by atoms with Crippen LogP contribution in [0.5, 0.6) is 0 Å². The first-order chi connectivity index (χ1) is 11.8. The first-order valence-corrected chi connectivity index (χ1v) is 9.84. The molecule has 0 spiro atoms. The van der Waals surface area contributed by atoms with Crippen LogP contribution in [0, 0.1) is 0 Å². The molecule has 25 heavy (non-hydrogen) atoms. The maximum Gasteiger partial charge on any atom is 0.260 e. The normalized spacial score (nSPS) is 15.6. The van der Waals surface area contributed by atoms with Crippen molar-refractivity contribution < 1.29 is 13.2 Å². The number of rotatable bonds is 5. The van der Waals surface area contributed by atoms with Crippen molar-refractivity contribution in [2.75, 3.05) is 5.75 Å². The summed E-state index contributed by atoms with van der Waals surface area (Å²) >= 11 is 5.89. The van der Waals surface area contributed by atoms with E-state index in [1.54, 1.807) is 12.1 Å². The van der Waals surface area contributed by atoms with Gasteiger partial charge in [-0.2, -0.15) is 0 Å². The molecule has 2 aromatic rings. The molecule has 3 rings (SSSR count). The van der Waals surface area contributed by atoms with Crippen molar-refractivity contribution in [2.24, 2.45) is 0 Å². The number of benzene rings is 1. The van der Waals surface area contributed by atoms with Gasteiger partial charge in [0.15, 0.2) is 9.84 Å². The van der Waals surface area contributed by atoms with Crippen molar-refractivity contribution >= 4 is 27.3 Å². The second kappa shape index (κ2) is 6.31. The summed E-state index contributed by atoms with van der Waals surface area (Å²) in [6.07, 6.45) is 2.60. The molecule has 0 atom stereocenters. The number of aromatic nitrogens is 1. The molecule has 0 unspecified atom stereocenters. The van der Waals surface area contributed by atoms with E-state index in [9.17, 15) is 18.0 Å². The van der Waals surface area contributed by atoms with Crippen LogP contribution in [-0.4, -0.2) is 25.1 Å². The van der Waals surface area contributed by atoms with E-state index in [2.05, 4.69) is 10.3 Å². The average molecular weight is 381 g/mol. The highest BCUT2D eigenvalue weighted by atomic mass is 35.5. The summed E-state index contributed by atoms with van der Waals surface area (Å²) in [6.45, 7) is 1.50. The number of nitrogens with one attached hydrogen (secondary N) is 2. The topological polar surface area (TPSA) is 96.1 Å². The van der Waals surface area contributed by atoms with Crippen molar-refractivity contribution in [1.82, 2.24) is 10.3 Å². The zero-order chi connectivity index (χ0) is 18.2. The zero-order valence-corrected chi connectivity index (χ0v) is 15.1. The summed E-state index contributed by atoms with van der Waals surface area (Å²) in [5, 5.41) is 3.46. The smallest absolute Gasteiger partial charge is 0.260 e. The molecule has 1 aromatic carbocycles. The molecule has 1 aromatic heterocycles. The fraction of sp³-hybridized carbons (Fsp3) is 0.294. The van der Waals surface area contributed by atoms with Gasteiger partial charge in [-0.15, -0.1) is 0 Å². The highest BCUT2D eigenvalue weighted by Gasteiger charge is 2.46. The molecule has 1 heterocycles. The third-order valence-corrected chi connectivity index (χ3v) is 6.33. The number of amides is 1. The number of H-pyrrole nitrogens is 1. The van der Waals surface area contributed by atoms with Crippen LogP contribution in [0.25, 0.3) is 0 Å². The second-order valence-corrected chi connectivity index (χ2v) is 8.74. The Kier molecular flexibility index (Phi) is 4.47. The van der Waals surface area contributed by atoms with Gasteiger partial charge in [0.1, 0.15) is 5.56 Å². The van der Waals surface area contributed by atoms with Gasteiger partial charge in [0.25, 0.3) is 11.5 Å². The lowest BCUT2D eigenvalue weighted by Crippen LogP contribution is -2.37. The van der Waals surface area contributed by atoms with Crippen molar-refractivity contribution in [3.05, 3.63) is 63.0 Å². The highest BCUT2D eigenvalue weighted by molar-refractivity contribution is 7.91. The molecule has 1 aliphatic rings. The Labute approximate surface area is 150 Å². The van der Waals surface area contributed by atoms with Gasteiger partial charge < -0.3 is 10.3 Å². The van der Waals surface area contributed by atoms with Crippen LogP contribution in [-0.2, 0) is 15.4 Å². The van der Waals surface area contributed by atoms with Gasteiger partial charge in [0.2, 0.25) is 0 Å². The van der Waals surface area contributed by atoms with E-state index in [0.29, 0.717) is 5.02 Å². The van der Waals surface area contributed by atoms with Gasteiger partial charge in [0.05, 0.1) is 16.2 Å². The Bertz CT molecular complexity index is 976. The molecule has 1 fully saturated rings. The fourth-order valence-electron chi connectivity index (χ4n) is 2.64. The number of halogens is 1. The van der Waals surface area contributed by atoms with Crippen molar-refractivity contribution in [2.45, 2.75) is 30.2 Å². The molecule has 6 nitrogen and oxygen atoms in total. The number of pyridine rings is 1. The Balaban J connectivity index is 1.90. The summed E-state index contributed by atoms with van der Waals surface area (Å²) < 4.78 is 23.9. The van der Waals surface area contributed by atoms with E-state index in [4.69, 9.17) is 11.6 Å². The molecule has 132 valence electrons. The van der Waals surface area contributed by atoms with Gasteiger partial charge in [-0.1, -0.05) is 30.7 Å². The Hall–Kier alpha value is -2.12. The molecule has 1 aliphatic carbocycles. The van der Waals surface area contributed by atoms with Gasteiger partial charge >= 0.3 is 0 Å². The van der Waals surface area contributed by atoms with Crippen LogP contribution in [0.4, 0.5) is 0 Å². The second-order valence-electron chi connectivity index (χ2n) is 6.02. The number of carbonyl (C=O) groups is 1. The third kappa shape index (κ3) is 3.48. The van der Waals surface area contributed by atoms with Gasteiger partial charge in [-0.25, -0.2) is 8.42 Å². The number of hydrogen-bond donors (Lipinski definition) is 2. The lowest BCUT2D eigenvalue weighted by molar-refractivity contribution is 0.0929. The van der Waals surface area contributed by atoms with E-state index < -0.39 is 26.8 Å². The SMILES string of the molecule is CCS(=O)(=O)c1c[nH]c(=O)c(C(=O)NC2(c3ccc(Cl)cc3)CC2)c1. The molecule has 8 heteroatoms. The van der Waals surface area contributed by atoms with Crippen LogP contribution in [0.3, 0.4) is 0 Å². The highest BCUT2D eigenvalue weighted by Crippen LogP contribution is 2.45. The van der Waals surface area contributed by atoms with Crippen LogP contribution in [0.15, 0.2) is 46.2 Å². The van der Waals surface area contributed by atoms with Crippen LogP contribution >= 0.6 is 11.6 Å². The average Bonchev–Trinajstić information content (AvgIpc) is 3.36. The Morgan fingerprint density at radius 3 is 2.48 bits per heavy atom. The minimum atomic E-state index is -3.52. The standard InChI is InChI=1S/C17H17ClN2O4S/c1-2-25(23,24)13-9-14(15(21)19-10-13)16(22)20-17(7-8-17)11-3-5-12(18)6-4-11/h3-6,9-10H,2,7-8H2,1H3,(H,19,21)(H,20,22). The zero-order valence-electron chi connectivity index (χ0n) is 13.5. The van der Waals surface area contributed by atoms with E-state index in [1.165, 1.54) is 6.92 Å². The minimum absolute atomic E-state index is 0.0731. The predicted octanol–water partition coefficient (Wildman–Crippen LogP) is 2.24. The fourth-order valence-corrected chi connectivity index (χ4v) is 3.64. The summed E-state index contributed by atoms with van der Waals surface area (Å²) in [5.74, 6) is -0.712. The molecule has 0 radical (unpaired) electrons. The molecular weight excluding hydrogens is 364 g/mol. The van der Waals surface area contributed by atoms with Crippen molar-refractivity contribution in [3.63, 3.8) is 0 Å². The molecule has 0 saturated heterocycles. The third-order valence-electron chi connectivity index (χ3n) is 4.36. The quantitative estimate of drug-likeness (QED) is 0.831. The summed E-state index contributed by atoms with van der Waals surface area (Å²) in [5.41, 5.74) is -0.471. The Morgan fingerprint density at radius 1 is 1.28 bits per heavy atom. The van der Waals surface area contributed by atoms with E-state index in [0.717, 1.165) is 30.7 Å². The first-order valence-electron chi connectivity index (χ1n) is 7.81. The van der Waals surface area contributed by atoms with Crippen LogP contribution < -0.4 is 10.9 Å². The number of aromatic amines is 1. The first kappa shape index (κ1) is 17.7. The van der Waals surface area contributed by atoms with E-state index in [-0.39, 0.29) is 16.2 Å². The van der Waals surface area contributed by atoms with Gasteiger partial charge in [-0.05, 0) is 36.6 Å². The maximum absolute atomic E-state index is 12.6. The molecule has 1 amide bonds. The van der Waals surface area contributed by atoms with Crippen molar-refractivity contribution in [3.8, 4) is 0 Å². The lowest BCUT2D eigenvalue weighted by atomic mass is 10.0. The predicted molar refractivity (Wildman–Crippen MR) is 94.6 cm³/mol. The number of carbonyl (C=O) groups excluding carboxylic acids is 1. The van der Waals surface area contributed by atoms with Gasteiger partial charge in [-0.3, -0.25) is 9.59 Å². The molecule has 0 aliphatic heterocycles.